The summed E-state index contributed by atoms with van der Waals surface area (Å²) in [5.74, 6) is -1.17. The highest BCUT2D eigenvalue weighted by Crippen LogP contribution is 2.25. The minimum atomic E-state index is -3.67. The van der Waals surface area contributed by atoms with E-state index in [0.717, 1.165) is 19.3 Å². The van der Waals surface area contributed by atoms with Crippen LogP contribution in [0, 0.1) is 0 Å². The number of benzene rings is 1. The van der Waals surface area contributed by atoms with Crippen molar-refractivity contribution in [2.24, 2.45) is 0 Å². The zero-order chi connectivity index (χ0) is 17.7. The number of carbonyl (C=O) groups is 1. The molecule has 1 aromatic carbocycles. The Morgan fingerprint density at radius 2 is 2.08 bits per heavy atom. The number of anilines is 1. The summed E-state index contributed by atoms with van der Waals surface area (Å²) < 4.78 is 32.3. The van der Waals surface area contributed by atoms with Crippen molar-refractivity contribution >= 4 is 21.7 Å². The summed E-state index contributed by atoms with van der Waals surface area (Å²) in [6, 6.07) is 4.08. The van der Waals surface area contributed by atoms with Gasteiger partial charge in [0.1, 0.15) is 0 Å². The maximum absolute atomic E-state index is 12.2. The molecule has 3 N–H and O–H groups in total. The Kier molecular flexibility index (Phi) is 6.20. The van der Waals surface area contributed by atoms with E-state index in [0.29, 0.717) is 18.8 Å². The van der Waals surface area contributed by atoms with Crippen molar-refractivity contribution in [3.05, 3.63) is 23.8 Å². The third-order valence-corrected chi connectivity index (χ3v) is 5.04. The van der Waals surface area contributed by atoms with Crippen LogP contribution in [0.2, 0.25) is 0 Å². The average Bonchev–Trinajstić information content (AvgIpc) is 3.29. The second kappa shape index (κ2) is 7.96. The van der Waals surface area contributed by atoms with Crippen molar-refractivity contribution in [2.75, 3.05) is 18.5 Å². The monoisotopic (exact) mass is 356 g/mol. The lowest BCUT2D eigenvalue weighted by Crippen LogP contribution is -2.26. The van der Waals surface area contributed by atoms with E-state index in [9.17, 15) is 18.3 Å². The number of ether oxygens (including phenoxy) is 1. The number of hydrogen-bond donors (Lipinski definition) is 3. The summed E-state index contributed by atoms with van der Waals surface area (Å²) in [5, 5.41) is 12.4. The first kappa shape index (κ1) is 18.7. The predicted molar refractivity (Wildman–Crippen MR) is 90.9 cm³/mol. The molecule has 8 heteroatoms. The predicted octanol–water partition coefficient (Wildman–Crippen LogP) is 2.05. The summed E-state index contributed by atoms with van der Waals surface area (Å²) in [6.07, 6.45) is 2.52. The molecular formula is C16H24N2O5S. The molecule has 1 aliphatic carbocycles. The molecule has 0 amide bonds. The number of carboxylic acid groups (broad SMARTS) is 1. The van der Waals surface area contributed by atoms with Gasteiger partial charge in [0.25, 0.3) is 0 Å². The molecule has 0 atom stereocenters. The lowest BCUT2D eigenvalue weighted by atomic mass is 10.2. The number of hydrogen-bond acceptors (Lipinski definition) is 5. The van der Waals surface area contributed by atoms with Gasteiger partial charge in [0.05, 0.1) is 16.6 Å². The Morgan fingerprint density at radius 3 is 2.67 bits per heavy atom. The van der Waals surface area contributed by atoms with E-state index in [1.165, 1.54) is 18.2 Å². The van der Waals surface area contributed by atoms with Gasteiger partial charge in [0.15, 0.2) is 0 Å². The van der Waals surface area contributed by atoms with Gasteiger partial charge in [0.2, 0.25) is 10.0 Å². The summed E-state index contributed by atoms with van der Waals surface area (Å²) >= 11 is 0. The van der Waals surface area contributed by atoms with Gasteiger partial charge >= 0.3 is 5.97 Å². The number of nitrogens with one attached hydrogen (secondary N) is 2. The van der Waals surface area contributed by atoms with Crippen LogP contribution >= 0.6 is 0 Å². The molecule has 24 heavy (non-hydrogen) atoms. The summed E-state index contributed by atoms with van der Waals surface area (Å²) in [5.41, 5.74) is 0.343. The molecule has 0 spiro atoms. The molecule has 7 nitrogen and oxygen atoms in total. The van der Waals surface area contributed by atoms with E-state index < -0.39 is 16.0 Å². The smallest absolute Gasteiger partial charge is 0.337 e. The van der Waals surface area contributed by atoms with Crippen LogP contribution in [0.1, 0.15) is 43.5 Å². The molecule has 0 aliphatic heterocycles. The van der Waals surface area contributed by atoms with Gasteiger partial charge in [0, 0.05) is 24.9 Å². The quantitative estimate of drug-likeness (QED) is 0.554. The molecule has 134 valence electrons. The molecule has 2 rings (SSSR count). The molecule has 1 aliphatic rings. The van der Waals surface area contributed by atoms with Crippen LogP contribution < -0.4 is 10.0 Å². The summed E-state index contributed by atoms with van der Waals surface area (Å²) in [4.78, 5) is 11.4. The highest BCUT2D eigenvalue weighted by atomic mass is 32.2. The standard InChI is InChI=1S/C16H24N2O5S/c1-11(2)23-9-3-8-17-15-7-6-13(10-14(15)16(19)20)24(21,22)18-12-4-5-12/h6-7,10-12,17-18H,3-5,8-9H2,1-2H3,(H,19,20). The number of sulfonamides is 1. The second-order valence-corrected chi connectivity index (χ2v) is 7.82. The fraction of sp³-hybridized carbons (Fsp3) is 0.562. The Labute approximate surface area is 142 Å². The fourth-order valence-electron chi connectivity index (χ4n) is 2.12. The maximum atomic E-state index is 12.2. The minimum Gasteiger partial charge on any atom is -0.478 e. The molecule has 0 heterocycles. The Balaban J connectivity index is 2.05. The van der Waals surface area contributed by atoms with Gasteiger partial charge in [-0.3, -0.25) is 0 Å². The third kappa shape index (κ3) is 5.47. The Hall–Kier alpha value is -1.64. The topological polar surface area (TPSA) is 105 Å². The van der Waals surface area contributed by atoms with Crippen LogP contribution in [0.4, 0.5) is 5.69 Å². The van der Waals surface area contributed by atoms with Crippen molar-refractivity contribution in [1.29, 1.82) is 0 Å². The molecule has 0 unspecified atom stereocenters. The van der Waals surface area contributed by atoms with Crippen LogP contribution in [0.5, 0.6) is 0 Å². The lowest BCUT2D eigenvalue weighted by molar-refractivity contribution is 0.0697. The normalized spacial score (nSPS) is 14.8. The van der Waals surface area contributed by atoms with Crippen molar-refractivity contribution in [3.63, 3.8) is 0 Å². The average molecular weight is 356 g/mol. The summed E-state index contributed by atoms with van der Waals surface area (Å²) in [6.45, 7) is 5.01. The van der Waals surface area contributed by atoms with Gasteiger partial charge in [-0.15, -0.1) is 0 Å². The van der Waals surface area contributed by atoms with E-state index in [1.54, 1.807) is 0 Å². The highest BCUT2D eigenvalue weighted by molar-refractivity contribution is 7.89. The molecule has 0 saturated heterocycles. The minimum absolute atomic E-state index is 0.0259. The number of aromatic carboxylic acids is 1. The van der Waals surface area contributed by atoms with Crippen LogP contribution in [-0.4, -0.2) is 44.8 Å². The van der Waals surface area contributed by atoms with Crippen LogP contribution in [0.25, 0.3) is 0 Å². The zero-order valence-electron chi connectivity index (χ0n) is 13.9. The molecule has 1 aromatic rings. The molecular weight excluding hydrogens is 332 g/mol. The van der Waals surface area contributed by atoms with Crippen molar-refractivity contribution in [1.82, 2.24) is 4.72 Å². The number of carboxylic acids is 1. The molecule has 0 radical (unpaired) electrons. The van der Waals surface area contributed by atoms with E-state index >= 15 is 0 Å². The van der Waals surface area contributed by atoms with Crippen LogP contribution in [0.15, 0.2) is 23.1 Å². The second-order valence-electron chi connectivity index (χ2n) is 6.11. The summed E-state index contributed by atoms with van der Waals surface area (Å²) in [7, 11) is -3.67. The molecule has 0 aromatic heterocycles. The van der Waals surface area contributed by atoms with Crippen molar-refractivity contribution in [2.45, 2.75) is 50.2 Å². The zero-order valence-corrected chi connectivity index (χ0v) is 14.7. The molecule has 1 fully saturated rings. The lowest BCUT2D eigenvalue weighted by Gasteiger charge is -2.13. The van der Waals surface area contributed by atoms with Gasteiger partial charge in [-0.2, -0.15) is 0 Å². The van der Waals surface area contributed by atoms with E-state index in [1.807, 2.05) is 13.8 Å². The van der Waals surface area contributed by atoms with Gasteiger partial charge in [-0.1, -0.05) is 0 Å². The van der Waals surface area contributed by atoms with Crippen molar-refractivity contribution in [3.8, 4) is 0 Å². The van der Waals surface area contributed by atoms with E-state index in [-0.39, 0.29) is 22.6 Å². The first-order valence-electron chi connectivity index (χ1n) is 8.05. The van der Waals surface area contributed by atoms with Crippen LogP contribution in [0.3, 0.4) is 0 Å². The SMILES string of the molecule is CC(C)OCCCNc1ccc(S(=O)(=O)NC2CC2)cc1C(=O)O. The Bertz CT molecular complexity index is 684. The Morgan fingerprint density at radius 1 is 1.38 bits per heavy atom. The maximum Gasteiger partial charge on any atom is 0.337 e. The van der Waals surface area contributed by atoms with Crippen molar-refractivity contribution < 1.29 is 23.1 Å². The van der Waals surface area contributed by atoms with Gasteiger partial charge in [-0.05, 0) is 51.3 Å². The van der Waals surface area contributed by atoms with Gasteiger partial charge in [-0.25, -0.2) is 17.9 Å². The van der Waals surface area contributed by atoms with Crippen LogP contribution in [-0.2, 0) is 14.8 Å². The molecule has 1 saturated carbocycles. The first-order chi connectivity index (χ1) is 11.3. The van der Waals surface area contributed by atoms with E-state index in [4.69, 9.17) is 4.74 Å². The number of rotatable bonds is 10. The first-order valence-corrected chi connectivity index (χ1v) is 9.53. The highest BCUT2D eigenvalue weighted by Gasteiger charge is 2.28. The molecule has 0 bridgehead atoms. The van der Waals surface area contributed by atoms with E-state index in [2.05, 4.69) is 10.0 Å². The fourth-order valence-corrected chi connectivity index (χ4v) is 3.46. The van der Waals surface area contributed by atoms with Gasteiger partial charge < -0.3 is 15.2 Å². The third-order valence-electron chi connectivity index (χ3n) is 3.52. The largest absolute Gasteiger partial charge is 0.478 e.